The number of unbranched alkanes of at least 4 members (excludes halogenated alkanes) is 5. The van der Waals surface area contributed by atoms with Gasteiger partial charge in [-0.15, -0.1) is 0 Å². The van der Waals surface area contributed by atoms with E-state index in [4.69, 9.17) is 9.47 Å². The minimum Gasteiger partial charge on any atom is -0.462 e. The van der Waals surface area contributed by atoms with Crippen molar-refractivity contribution in [1.82, 2.24) is 0 Å². The molecular formula is C19H28O4. The standard InChI is InChI=1S/C19H28O4/c1-3-5-7-8-9-15-23-19(21)17-12-10-16(11-13-17)18(20)22-14-6-4-2/h10-13H,3-9,14-15H2,1-2H3. The molecule has 0 heterocycles. The Bertz CT molecular complexity index is 465. The fraction of sp³-hybridized carbons (Fsp3) is 0.579. The first-order chi connectivity index (χ1) is 11.2. The van der Waals surface area contributed by atoms with Gasteiger partial charge in [-0.05, 0) is 37.1 Å². The SMILES string of the molecule is CCCCCCCOC(=O)c1ccc(C(=O)OCCCC)cc1. The smallest absolute Gasteiger partial charge is 0.338 e. The number of rotatable bonds is 11. The summed E-state index contributed by atoms with van der Waals surface area (Å²) in [6.45, 7) is 5.09. The second kappa shape index (κ2) is 11.7. The quantitative estimate of drug-likeness (QED) is 0.435. The molecule has 4 nitrogen and oxygen atoms in total. The molecule has 0 aliphatic carbocycles. The molecule has 23 heavy (non-hydrogen) atoms. The van der Waals surface area contributed by atoms with E-state index in [2.05, 4.69) is 6.92 Å². The van der Waals surface area contributed by atoms with Crippen LogP contribution in [-0.4, -0.2) is 25.2 Å². The van der Waals surface area contributed by atoms with Crippen molar-refractivity contribution in [3.8, 4) is 0 Å². The number of carbonyl (C=O) groups excluding carboxylic acids is 2. The molecule has 0 atom stereocenters. The van der Waals surface area contributed by atoms with Gasteiger partial charge in [-0.1, -0.05) is 46.0 Å². The van der Waals surface area contributed by atoms with Crippen LogP contribution in [0.4, 0.5) is 0 Å². The van der Waals surface area contributed by atoms with Gasteiger partial charge in [0, 0.05) is 0 Å². The van der Waals surface area contributed by atoms with E-state index in [9.17, 15) is 9.59 Å². The molecule has 1 aromatic carbocycles. The molecule has 0 N–H and O–H groups in total. The third kappa shape index (κ3) is 7.82. The van der Waals surface area contributed by atoms with Crippen molar-refractivity contribution >= 4 is 11.9 Å². The van der Waals surface area contributed by atoms with Crippen LogP contribution >= 0.6 is 0 Å². The number of hydrogen-bond donors (Lipinski definition) is 0. The summed E-state index contributed by atoms with van der Waals surface area (Å²) in [7, 11) is 0. The number of esters is 2. The highest BCUT2D eigenvalue weighted by molar-refractivity contribution is 5.93. The second-order valence-corrected chi connectivity index (χ2v) is 5.62. The first-order valence-corrected chi connectivity index (χ1v) is 8.63. The molecule has 0 aliphatic heterocycles. The molecule has 0 amide bonds. The van der Waals surface area contributed by atoms with Gasteiger partial charge < -0.3 is 9.47 Å². The summed E-state index contributed by atoms with van der Waals surface area (Å²) in [6.07, 6.45) is 7.43. The highest BCUT2D eigenvalue weighted by Crippen LogP contribution is 2.09. The number of ether oxygens (including phenoxy) is 2. The lowest BCUT2D eigenvalue weighted by atomic mass is 10.1. The Morgan fingerprint density at radius 1 is 0.696 bits per heavy atom. The molecule has 4 heteroatoms. The lowest BCUT2D eigenvalue weighted by Gasteiger charge is -2.06. The van der Waals surface area contributed by atoms with Crippen molar-refractivity contribution in [1.29, 1.82) is 0 Å². The van der Waals surface area contributed by atoms with Gasteiger partial charge in [-0.3, -0.25) is 0 Å². The Labute approximate surface area is 139 Å². The van der Waals surface area contributed by atoms with Gasteiger partial charge >= 0.3 is 11.9 Å². The molecule has 128 valence electrons. The van der Waals surface area contributed by atoms with Gasteiger partial charge in [0.15, 0.2) is 0 Å². The lowest BCUT2D eigenvalue weighted by molar-refractivity contribution is 0.0484. The lowest BCUT2D eigenvalue weighted by Crippen LogP contribution is -2.09. The van der Waals surface area contributed by atoms with Gasteiger partial charge in [-0.2, -0.15) is 0 Å². The zero-order chi connectivity index (χ0) is 16.9. The Morgan fingerprint density at radius 3 is 1.61 bits per heavy atom. The van der Waals surface area contributed by atoms with E-state index in [0.717, 1.165) is 25.7 Å². The van der Waals surface area contributed by atoms with Crippen LogP contribution in [0.5, 0.6) is 0 Å². The van der Waals surface area contributed by atoms with Crippen LogP contribution in [0.3, 0.4) is 0 Å². The zero-order valence-electron chi connectivity index (χ0n) is 14.3. The molecule has 0 aliphatic rings. The van der Waals surface area contributed by atoms with E-state index in [0.29, 0.717) is 24.3 Å². The monoisotopic (exact) mass is 320 g/mol. The fourth-order valence-electron chi connectivity index (χ4n) is 2.09. The van der Waals surface area contributed by atoms with Gasteiger partial charge in [0.05, 0.1) is 24.3 Å². The van der Waals surface area contributed by atoms with E-state index in [1.165, 1.54) is 19.3 Å². The molecule has 0 saturated carbocycles. The van der Waals surface area contributed by atoms with Crippen LogP contribution in [0.15, 0.2) is 24.3 Å². The fourth-order valence-corrected chi connectivity index (χ4v) is 2.09. The second-order valence-electron chi connectivity index (χ2n) is 5.62. The van der Waals surface area contributed by atoms with Crippen LogP contribution in [0.1, 0.15) is 79.5 Å². The minimum absolute atomic E-state index is 0.341. The molecule has 0 radical (unpaired) electrons. The van der Waals surface area contributed by atoms with E-state index in [1.54, 1.807) is 24.3 Å². The highest BCUT2D eigenvalue weighted by atomic mass is 16.5. The van der Waals surface area contributed by atoms with Gasteiger partial charge in [0.2, 0.25) is 0 Å². The number of carbonyl (C=O) groups is 2. The third-order valence-electron chi connectivity index (χ3n) is 3.57. The Hall–Kier alpha value is -1.84. The number of benzene rings is 1. The Balaban J connectivity index is 2.34. The number of hydrogen-bond acceptors (Lipinski definition) is 4. The maximum atomic E-state index is 11.9. The van der Waals surface area contributed by atoms with Crippen molar-refractivity contribution in [3.63, 3.8) is 0 Å². The molecule has 0 saturated heterocycles. The molecule has 0 aromatic heterocycles. The van der Waals surface area contributed by atoms with Crippen LogP contribution in [0.25, 0.3) is 0 Å². The van der Waals surface area contributed by atoms with Crippen molar-refractivity contribution in [2.24, 2.45) is 0 Å². The third-order valence-corrected chi connectivity index (χ3v) is 3.57. The van der Waals surface area contributed by atoms with Crippen LogP contribution in [0, 0.1) is 0 Å². The van der Waals surface area contributed by atoms with Crippen molar-refractivity contribution in [2.45, 2.75) is 58.8 Å². The summed E-state index contributed by atoms with van der Waals surface area (Å²) in [4.78, 5) is 23.6. The molecule has 0 unspecified atom stereocenters. The topological polar surface area (TPSA) is 52.6 Å². The average molecular weight is 320 g/mol. The Kier molecular flexibility index (Phi) is 9.76. The average Bonchev–Trinajstić information content (AvgIpc) is 2.58. The first-order valence-electron chi connectivity index (χ1n) is 8.63. The van der Waals surface area contributed by atoms with Crippen molar-refractivity contribution in [2.75, 3.05) is 13.2 Å². The maximum absolute atomic E-state index is 11.9. The molecule has 0 bridgehead atoms. The van der Waals surface area contributed by atoms with Gasteiger partial charge in [0.25, 0.3) is 0 Å². The summed E-state index contributed by atoms with van der Waals surface area (Å²) >= 11 is 0. The predicted molar refractivity (Wildman–Crippen MR) is 90.7 cm³/mol. The molecule has 0 spiro atoms. The van der Waals surface area contributed by atoms with Crippen molar-refractivity contribution < 1.29 is 19.1 Å². The summed E-state index contributed by atoms with van der Waals surface area (Å²) in [5.74, 6) is -0.694. The van der Waals surface area contributed by atoms with E-state index in [-0.39, 0.29) is 11.9 Å². The van der Waals surface area contributed by atoms with Crippen LogP contribution in [-0.2, 0) is 9.47 Å². The minimum atomic E-state index is -0.353. The predicted octanol–water partition coefficient (Wildman–Crippen LogP) is 4.77. The van der Waals surface area contributed by atoms with E-state index in [1.807, 2.05) is 6.92 Å². The zero-order valence-corrected chi connectivity index (χ0v) is 14.3. The van der Waals surface area contributed by atoms with Crippen molar-refractivity contribution in [3.05, 3.63) is 35.4 Å². The summed E-state index contributed by atoms with van der Waals surface area (Å²) in [5.41, 5.74) is 0.917. The van der Waals surface area contributed by atoms with Crippen LogP contribution < -0.4 is 0 Å². The summed E-state index contributed by atoms with van der Waals surface area (Å²) < 4.78 is 10.4. The molecule has 1 aromatic rings. The molecule has 0 fully saturated rings. The summed E-state index contributed by atoms with van der Waals surface area (Å²) in [6, 6.07) is 6.42. The van der Waals surface area contributed by atoms with E-state index < -0.39 is 0 Å². The van der Waals surface area contributed by atoms with Crippen LogP contribution in [0.2, 0.25) is 0 Å². The first kappa shape index (κ1) is 19.2. The van der Waals surface area contributed by atoms with E-state index >= 15 is 0 Å². The normalized spacial score (nSPS) is 10.3. The highest BCUT2D eigenvalue weighted by Gasteiger charge is 2.10. The Morgan fingerprint density at radius 2 is 1.13 bits per heavy atom. The molecule has 1 rings (SSSR count). The van der Waals surface area contributed by atoms with Gasteiger partial charge in [-0.25, -0.2) is 9.59 Å². The van der Waals surface area contributed by atoms with Gasteiger partial charge in [0.1, 0.15) is 0 Å². The molecular weight excluding hydrogens is 292 g/mol. The maximum Gasteiger partial charge on any atom is 0.338 e. The summed E-state index contributed by atoms with van der Waals surface area (Å²) in [5, 5.41) is 0. The largest absolute Gasteiger partial charge is 0.462 e.